The van der Waals surface area contributed by atoms with E-state index in [1.165, 1.54) is 0 Å². The molecule has 2 aromatic rings. The van der Waals surface area contributed by atoms with Gasteiger partial charge in [-0.15, -0.1) is 0 Å². The van der Waals surface area contributed by atoms with Crippen LogP contribution in [0.15, 0.2) is 37.3 Å². The van der Waals surface area contributed by atoms with E-state index in [4.69, 9.17) is 0 Å². The smallest absolute Gasteiger partial charge is 0.115 e. The summed E-state index contributed by atoms with van der Waals surface area (Å²) in [6, 6.07) is 4.44. The third kappa shape index (κ3) is 3.13. The molecule has 0 aliphatic carbocycles. The van der Waals surface area contributed by atoms with Gasteiger partial charge in [0, 0.05) is 35.8 Å². The zero-order chi connectivity index (χ0) is 14.7. The summed E-state index contributed by atoms with van der Waals surface area (Å²) in [5.41, 5.74) is 3.84. The third-order valence-electron chi connectivity index (χ3n) is 4.00. The Morgan fingerprint density at radius 2 is 2.24 bits per heavy atom. The molecular weight excluding hydrogens is 262 g/mol. The highest BCUT2D eigenvalue weighted by Gasteiger charge is 2.19. The number of aromatic amines is 1. The van der Waals surface area contributed by atoms with Gasteiger partial charge in [0.05, 0.1) is 5.70 Å². The van der Waals surface area contributed by atoms with Gasteiger partial charge in [-0.25, -0.2) is 0 Å². The van der Waals surface area contributed by atoms with Crippen molar-refractivity contribution in [2.24, 2.45) is 0 Å². The minimum absolute atomic E-state index is 0.479. The lowest BCUT2D eigenvalue weighted by Gasteiger charge is -2.30. The molecule has 2 aromatic heterocycles. The highest BCUT2D eigenvalue weighted by molar-refractivity contribution is 5.76. The molecule has 1 aliphatic rings. The Morgan fingerprint density at radius 1 is 1.43 bits per heavy atom. The summed E-state index contributed by atoms with van der Waals surface area (Å²) in [6.45, 7) is 6.42. The average molecular weight is 283 g/mol. The zero-order valence-corrected chi connectivity index (χ0v) is 12.3. The van der Waals surface area contributed by atoms with Crippen molar-refractivity contribution in [3.63, 3.8) is 0 Å². The van der Waals surface area contributed by atoms with Crippen molar-refractivity contribution in [3.05, 3.63) is 43.0 Å². The molecule has 0 spiro atoms. The van der Waals surface area contributed by atoms with Gasteiger partial charge in [-0.3, -0.25) is 10.1 Å². The van der Waals surface area contributed by atoms with Crippen LogP contribution < -0.4 is 5.32 Å². The fourth-order valence-corrected chi connectivity index (χ4v) is 2.73. The summed E-state index contributed by atoms with van der Waals surface area (Å²) in [5, 5.41) is 10.8. The van der Waals surface area contributed by atoms with Crippen LogP contribution in [-0.4, -0.2) is 46.3 Å². The molecule has 2 N–H and O–H groups in total. The van der Waals surface area contributed by atoms with E-state index in [9.17, 15) is 0 Å². The number of nitrogens with one attached hydrogen (secondary N) is 2. The molecule has 0 saturated carbocycles. The molecular formula is C16H21N5. The number of aromatic nitrogens is 3. The molecule has 0 bridgehead atoms. The van der Waals surface area contributed by atoms with Gasteiger partial charge in [-0.2, -0.15) is 5.10 Å². The van der Waals surface area contributed by atoms with E-state index in [0.717, 1.165) is 48.4 Å². The minimum Gasteiger partial charge on any atom is -0.381 e. The lowest BCUT2D eigenvalue weighted by atomic mass is 10.0. The first-order valence-electron chi connectivity index (χ1n) is 7.32. The molecule has 5 nitrogen and oxygen atoms in total. The summed E-state index contributed by atoms with van der Waals surface area (Å²) < 4.78 is 0. The Bertz CT molecular complexity index is 596. The van der Waals surface area contributed by atoms with Gasteiger partial charge in [0.15, 0.2) is 0 Å². The molecule has 0 amide bonds. The van der Waals surface area contributed by atoms with Crippen molar-refractivity contribution in [2.45, 2.75) is 18.9 Å². The summed E-state index contributed by atoms with van der Waals surface area (Å²) in [4.78, 5) is 6.53. The minimum atomic E-state index is 0.479. The van der Waals surface area contributed by atoms with Crippen molar-refractivity contribution in [3.8, 4) is 11.1 Å². The number of hydrogen-bond acceptors (Lipinski definition) is 4. The number of piperidine rings is 1. The Balaban J connectivity index is 1.73. The lowest BCUT2D eigenvalue weighted by Crippen LogP contribution is -2.40. The Morgan fingerprint density at radius 3 is 2.95 bits per heavy atom. The highest BCUT2D eigenvalue weighted by atomic mass is 15.1. The van der Waals surface area contributed by atoms with Crippen LogP contribution >= 0.6 is 0 Å². The molecule has 0 unspecified atom stereocenters. The van der Waals surface area contributed by atoms with Crippen molar-refractivity contribution < 1.29 is 0 Å². The van der Waals surface area contributed by atoms with E-state index >= 15 is 0 Å². The van der Waals surface area contributed by atoms with E-state index in [-0.39, 0.29) is 0 Å². The van der Waals surface area contributed by atoms with Crippen LogP contribution in [0, 0.1) is 0 Å². The number of rotatable bonds is 4. The van der Waals surface area contributed by atoms with E-state index in [1.807, 2.05) is 24.5 Å². The van der Waals surface area contributed by atoms with Crippen LogP contribution in [0.3, 0.4) is 0 Å². The maximum Gasteiger partial charge on any atom is 0.115 e. The highest BCUT2D eigenvalue weighted by Crippen LogP contribution is 2.25. The van der Waals surface area contributed by atoms with E-state index in [2.05, 4.69) is 39.0 Å². The molecule has 1 aliphatic heterocycles. The first kappa shape index (κ1) is 13.8. The topological polar surface area (TPSA) is 56.8 Å². The number of likely N-dealkylation sites (tertiary alicyclic amines) is 1. The molecule has 5 heteroatoms. The Kier molecular flexibility index (Phi) is 4.01. The van der Waals surface area contributed by atoms with Crippen molar-refractivity contribution in [1.82, 2.24) is 25.4 Å². The van der Waals surface area contributed by atoms with Gasteiger partial charge in [0.1, 0.15) is 5.69 Å². The van der Waals surface area contributed by atoms with Crippen LogP contribution in [0.5, 0.6) is 0 Å². The Hall–Kier alpha value is -2.14. The summed E-state index contributed by atoms with van der Waals surface area (Å²) >= 11 is 0. The van der Waals surface area contributed by atoms with Crippen LogP contribution in [0.4, 0.5) is 0 Å². The maximum atomic E-state index is 4.35. The summed E-state index contributed by atoms with van der Waals surface area (Å²) in [6.07, 6.45) is 7.80. The monoisotopic (exact) mass is 283 g/mol. The molecule has 1 saturated heterocycles. The fraction of sp³-hybridized carbons (Fsp3) is 0.375. The zero-order valence-electron chi connectivity index (χ0n) is 12.3. The second-order valence-corrected chi connectivity index (χ2v) is 5.59. The molecule has 0 radical (unpaired) electrons. The first-order chi connectivity index (χ1) is 10.2. The molecule has 1 fully saturated rings. The van der Waals surface area contributed by atoms with Crippen LogP contribution in [0.1, 0.15) is 18.5 Å². The molecule has 3 heterocycles. The van der Waals surface area contributed by atoms with Gasteiger partial charge in [-0.1, -0.05) is 12.6 Å². The Labute approximate surface area is 125 Å². The van der Waals surface area contributed by atoms with Crippen LogP contribution in [-0.2, 0) is 0 Å². The summed E-state index contributed by atoms with van der Waals surface area (Å²) in [7, 11) is 2.17. The predicted molar refractivity (Wildman–Crippen MR) is 84.5 cm³/mol. The molecule has 21 heavy (non-hydrogen) atoms. The van der Waals surface area contributed by atoms with Gasteiger partial charge in [0.2, 0.25) is 0 Å². The van der Waals surface area contributed by atoms with E-state index in [0.29, 0.717) is 6.04 Å². The van der Waals surface area contributed by atoms with Crippen molar-refractivity contribution >= 4 is 5.70 Å². The van der Waals surface area contributed by atoms with Gasteiger partial charge in [-0.05, 0) is 39.0 Å². The van der Waals surface area contributed by atoms with Gasteiger partial charge in [0.25, 0.3) is 0 Å². The third-order valence-corrected chi connectivity index (χ3v) is 4.00. The first-order valence-corrected chi connectivity index (χ1v) is 7.32. The summed E-state index contributed by atoms with van der Waals surface area (Å²) in [5.74, 6) is 0. The lowest BCUT2D eigenvalue weighted by molar-refractivity contribution is 0.245. The number of nitrogens with zero attached hydrogens (tertiary/aromatic N) is 3. The van der Waals surface area contributed by atoms with E-state index in [1.54, 1.807) is 6.20 Å². The quantitative estimate of drug-likeness (QED) is 0.902. The molecule has 0 atom stereocenters. The molecule has 0 aromatic carbocycles. The predicted octanol–water partition coefficient (Wildman–Crippen LogP) is 2.13. The van der Waals surface area contributed by atoms with Crippen molar-refractivity contribution in [1.29, 1.82) is 0 Å². The van der Waals surface area contributed by atoms with Crippen LogP contribution in [0.2, 0.25) is 0 Å². The maximum absolute atomic E-state index is 4.35. The molecule has 3 rings (SSSR count). The average Bonchev–Trinajstić information content (AvgIpc) is 3.00. The van der Waals surface area contributed by atoms with Gasteiger partial charge < -0.3 is 10.2 Å². The van der Waals surface area contributed by atoms with E-state index < -0.39 is 0 Å². The van der Waals surface area contributed by atoms with Crippen LogP contribution in [0.25, 0.3) is 16.8 Å². The van der Waals surface area contributed by atoms with Gasteiger partial charge >= 0.3 is 0 Å². The van der Waals surface area contributed by atoms with Crippen molar-refractivity contribution in [2.75, 3.05) is 20.1 Å². The number of H-pyrrole nitrogens is 1. The molecule has 110 valence electrons. The second kappa shape index (κ2) is 6.10. The number of pyridine rings is 1. The SMILES string of the molecule is C=C(NC1CCN(C)CC1)c1n[nH]cc1-c1cccnc1. The standard InChI is InChI=1S/C16H21N5/c1-12(19-14-5-8-21(2)9-6-14)16-15(11-18-20-16)13-4-3-7-17-10-13/h3-4,7,10-11,14,19H,1,5-6,8-9H2,2H3,(H,18,20). The largest absolute Gasteiger partial charge is 0.381 e. The number of hydrogen-bond donors (Lipinski definition) is 2. The second-order valence-electron chi connectivity index (χ2n) is 5.59. The fourth-order valence-electron chi connectivity index (χ4n) is 2.73. The normalized spacial score (nSPS) is 16.8.